The topological polar surface area (TPSA) is 104 Å². The molecule has 34 heavy (non-hydrogen) atoms. The van der Waals surface area contributed by atoms with E-state index in [2.05, 4.69) is 25.6 Å². The van der Waals surface area contributed by atoms with E-state index in [1.807, 2.05) is 62.4 Å². The first kappa shape index (κ1) is 21.6. The van der Waals surface area contributed by atoms with Gasteiger partial charge < -0.3 is 14.8 Å². The highest BCUT2D eigenvalue weighted by molar-refractivity contribution is 5.95. The summed E-state index contributed by atoms with van der Waals surface area (Å²) in [5, 5.41) is 16.0. The van der Waals surface area contributed by atoms with Crippen LogP contribution in [0.25, 0.3) is 17.2 Å². The van der Waals surface area contributed by atoms with Gasteiger partial charge in [0.2, 0.25) is 5.91 Å². The van der Waals surface area contributed by atoms with Crippen LogP contribution in [0.5, 0.6) is 11.5 Å². The molecule has 172 valence electrons. The maximum Gasteiger partial charge on any atom is 0.272 e. The second kappa shape index (κ2) is 8.93. The van der Waals surface area contributed by atoms with E-state index in [1.165, 1.54) is 0 Å². The molecule has 1 aliphatic heterocycles. The van der Waals surface area contributed by atoms with Crippen LogP contribution in [0.4, 0.5) is 5.82 Å². The van der Waals surface area contributed by atoms with Gasteiger partial charge in [0.1, 0.15) is 5.82 Å². The summed E-state index contributed by atoms with van der Waals surface area (Å²) in [7, 11) is 1.61. The molecule has 0 spiro atoms. The number of carbonyl (C=O) groups excluding carboxylic acids is 1. The Morgan fingerprint density at radius 2 is 1.97 bits per heavy atom. The summed E-state index contributed by atoms with van der Waals surface area (Å²) < 4.78 is 12.7. The minimum atomic E-state index is -0.201. The van der Waals surface area contributed by atoms with Crippen LogP contribution in [0, 0.1) is 6.92 Å². The number of fused-ring (bicyclic) bond motifs is 1. The molecule has 2 aromatic carbocycles. The first-order valence-corrected chi connectivity index (χ1v) is 11.0. The van der Waals surface area contributed by atoms with Gasteiger partial charge in [0.25, 0.3) is 5.95 Å². The van der Waals surface area contributed by atoms with Gasteiger partial charge in [0.15, 0.2) is 11.5 Å². The number of anilines is 1. The summed E-state index contributed by atoms with van der Waals surface area (Å²) in [5.41, 5.74) is 4.23. The van der Waals surface area contributed by atoms with Crippen LogP contribution in [0.15, 0.2) is 54.7 Å². The summed E-state index contributed by atoms with van der Waals surface area (Å²) in [6, 6.07) is 15.5. The molecule has 0 bridgehead atoms. The third-order valence-electron chi connectivity index (χ3n) is 5.80. The molecule has 0 radical (unpaired) electrons. The molecule has 1 N–H and O–H groups in total. The zero-order chi connectivity index (χ0) is 23.7. The molecule has 9 heteroatoms. The number of hydrogen-bond acceptors (Lipinski definition) is 7. The van der Waals surface area contributed by atoms with Gasteiger partial charge in [-0.3, -0.25) is 4.79 Å². The van der Waals surface area contributed by atoms with Crippen molar-refractivity contribution in [1.82, 2.24) is 25.0 Å². The predicted molar refractivity (Wildman–Crippen MR) is 126 cm³/mol. The molecular formula is C25H24N6O3. The molecule has 1 atom stereocenters. The predicted octanol–water partition coefficient (Wildman–Crippen LogP) is 3.91. The van der Waals surface area contributed by atoms with Crippen molar-refractivity contribution in [3.05, 3.63) is 71.5 Å². The molecule has 9 nitrogen and oxygen atoms in total. The van der Waals surface area contributed by atoms with E-state index >= 15 is 0 Å². The number of nitrogens with zero attached hydrogens (tertiary/aromatic N) is 5. The number of ether oxygens (including phenoxy) is 2. The van der Waals surface area contributed by atoms with Crippen LogP contribution < -0.4 is 14.8 Å². The molecule has 0 unspecified atom stereocenters. The lowest BCUT2D eigenvalue weighted by molar-refractivity contribution is -0.116. The quantitative estimate of drug-likeness (QED) is 0.469. The largest absolute Gasteiger partial charge is 0.493 e. The van der Waals surface area contributed by atoms with Crippen LogP contribution in [0.2, 0.25) is 0 Å². The number of carbonyl (C=O) groups is 1. The molecular weight excluding hydrogens is 432 g/mol. The second-order valence-electron chi connectivity index (χ2n) is 7.92. The third-order valence-corrected chi connectivity index (χ3v) is 5.80. The minimum Gasteiger partial charge on any atom is -0.493 e. The fourth-order valence-electron chi connectivity index (χ4n) is 4.29. The van der Waals surface area contributed by atoms with E-state index in [9.17, 15) is 4.79 Å². The maximum atomic E-state index is 12.8. The molecule has 4 aromatic rings. The second-order valence-corrected chi connectivity index (χ2v) is 7.92. The highest BCUT2D eigenvalue weighted by atomic mass is 16.5. The number of methoxy groups -OCH3 is 1. The zero-order valence-corrected chi connectivity index (χ0v) is 19.1. The van der Waals surface area contributed by atoms with Gasteiger partial charge in [-0.25, -0.2) is 4.98 Å². The van der Waals surface area contributed by atoms with Crippen molar-refractivity contribution in [2.24, 2.45) is 0 Å². The third kappa shape index (κ3) is 3.85. The zero-order valence-electron chi connectivity index (χ0n) is 19.1. The summed E-state index contributed by atoms with van der Waals surface area (Å²) in [4.78, 5) is 17.4. The number of rotatable bonds is 6. The van der Waals surface area contributed by atoms with Gasteiger partial charge >= 0.3 is 0 Å². The Morgan fingerprint density at radius 1 is 1.15 bits per heavy atom. The van der Waals surface area contributed by atoms with Crippen LogP contribution >= 0.6 is 0 Å². The van der Waals surface area contributed by atoms with Crippen molar-refractivity contribution in [2.45, 2.75) is 26.2 Å². The Hall–Kier alpha value is -4.27. The molecule has 0 saturated heterocycles. The standard InChI is InChI=1S/C25H24N6O3/c1-4-34-21-12-17(10-11-20(21)33-3)18-13-22(32)28-24-23(18)15(2)30-31(24)25-27-19(14-26-29-25)16-8-6-5-7-9-16/h5-12,14,18H,4,13H2,1-3H3,(H,28,32)/t18-/m0/s1. The monoisotopic (exact) mass is 456 g/mol. The molecule has 0 aliphatic carbocycles. The van der Waals surface area contributed by atoms with E-state index in [0.29, 0.717) is 36.0 Å². The van der Waals surface area contributed by atoms with E-state index in [0.717, 1.165) is 22.4 Å². The molecule has 2 aromatic heterocycles. The SMILES string of the molecule is CCOc1cc([C@@H]2CC(=O)Nc3c2c(C)nn3-c2nncc(-c3ccccc3)n2)ccc1OC. The normalized spacial score (nSPS) is 14.9. The van der Waals surface area contributed by atoms with E-state index in [-0.39, 0.29) is 17.8 Å². The molecule has 0 fully saturated rings. The molecule has 0 saturated carbocycles. The Balaban J connectivity index is 1.60. The van der Waals surface area contributed by atoms with Crippen LogP contribution in [-0.4, -0.2) is 44.6 Å². The summed E-state index contributed by atoms with van der Waals surface area (Å²) in [5.74, 6) is 1.82. The van der Waals surface area contributed by atoms with Crippen LogP contribution in [0.1, 0.15) is 36.1 Å². The van der Waals surface area contributed by atoms with E-state index in [4.69, 9.17) is 9.47 Å². The van der Waals surface area contributed by atoms with Crippen LogP contribution in [0.3, 0.4) is 0 Å². The van der Waals surface area contributed by atoms with Gasteiger partial charge in [-0.2, -0.15) is 14.9 Å². The minimum absolute atomic E-state index is 0.111. The highest BCUT2D eigenvalue weighted by Crippen LogP contribution is 2.42. The van der Waals surface area contributed by atoms with Crippen molar-refractivity contribution in [1.29, 1.82) is 0 Å². The van der Waals surface area contributed by atoms with Gasteiger partial charge in [0, 0.05) is 23.5 Å². The highest BCUT2D eigenvalue weighted by Gasteiger charge is 2.33. The van der Waals surface area contributed by atoms with Gasteiger partial charge in [-0.15, -0.1) is 5.10 Å². The number of aromatic nitrogens is 5. The molecule has 1 aliphatic rings. The Labute approximate surface area is 196 Å². The van der Waals surface area contributed by atoms with E-state index < -0.39 is 0 Å². The van der Waals surface area contributed by atoms with Crippen molar-refractivity contribution in [3.8, 4) is 28.7 Å². The lowest BCUT2D eigenvalue weighted by Gasteiger charge is -2.25. The van der Waals surface area contributed by atoms with Crippen molar-refractivity contribution in [3.63, 3.8) is 0 Å². The fourth-order valence-corrected chi connectivity index (χ4v) is 4.29. The Morgan fingerprint density at radius 3 is 2.74 bits per heavy atom. The van der Waals surface area contributed by atoms with Crippen molar-refractivity contribution >= 4 is 11.7 Å². The summed E-state index contributed by atoms with van der Waals surface area (Å²) in [6.07, 6.45) is 1.90. The van der Waals surface area contributed by atoms with E-state index in [1.54, 1.807) is 18.0 Å². The van der Waals surface area contributed by atoms with Gasteiger partial charge in [0.05, 0.1) is 31.3 Å². The summed E-state index contributed by atoms with van der Waals surface area (Å²) >= 11 is 0. The summed E-state index contributed by atoms with van der Waals surface area (Å²) in [6.45, 7) is 4.35. The molecule has 3 heterocycles. The number of aryl methyl sites for hydroxylation is 1. The van der Waals surface area contributed by atoms with Gasteiger partial charge in [-0.1, -0.05) is 36.4 Å². The number of benzene rings is 2. The average Bonchev–Trinajstić information content (AvgIpc) is 3.20. The van der Waals surface area contributed by atoms with Crippen molar-refractivity contribution in [2.75, 3.05) is 19.0 Å². The first-order valence-electron chi connectivity index (χ1n) is 11.0. The Bertz CT molecular complexity index is 1350. The first-order chi connectivity index (χ1) is 16.6. The number of nitrogens with one attached hydrogen (secondary N) is 1. The number of hydrogen-bond donors (Lipinski definition) is 1. The Kier molecular flexibility index (Phi) is 5.67. The average molecular weight is 457 g/mol. The van der Waals surface area contributed by atoms with Crippen LogP contribution in [-0.2, 0) is 4.79 Å². The van der Waals surface area contributed by atoms with Crippen molar-refractivity contribution < 1.29 is 14.3 Å². The maximum absolute atomic E-state index is 12.8. The number of amides is 1. The fraction of sp³-hybridized carbons (Fsp3) is 0.240. The lowest BCUT2D eigenvalue weighted by atomic mass is 9.85. The lowest BCUT2D eigenvalue weighted by Crippen LogP contribution is -2.25. The smallest absolute Gasteiger partial charge is 0.272 e. The molecule has 5 rings (SSSR count). The van der Waals surface area contributed by atoms with Gasteiger partial charge in [-0.05, 0) is 31.5 Å². The molecule has 1 amide bonds.